The highest BCUT2D eigenvalue weighted by Crippen LogP contribution is 2.08. The van der Waals surface area contributed by atoms with Gasteiger partial charge in [-0.15, -0.1) is 0 Å². The van der Waals surface area contributed by atoms with E-state index in [2.05, 4.69) is 16.1 Å². The fraction of sp³-hybridized carbons (Fsp3) is 0.556. The van der Waals surface area contributed by atoms with Crippen LogP contribution in [0.2, 0.25) is 0 Å². The summed E-state index contributed by atoms with van der Waals surface area (Å²) in [5.41, 5.74) is 0. The van der Waals surface area contributed by atoms with Crippen molar-refractivity contribution in [2.24, 2.45) is 5.92 Å². The van der Waals surface area contributed by atoms with Crippen LogP contribution in [0.1, 0.15) is 6.42 Å². The maximum atomic E-state index is 11.1. The van der Waals surface area contributed by atoms with E-state index in [1.165, 1.54) is 20.5 Å². The molecule has 0 bridgehead atoms. The number of esters is 2. The fourth-order valence-corrected chi connectivity index (χ4v) is 0.886. The summed E-state index contributed by atoms with van der Waals surface area (Å²) in [5, 5.41) is 0. The molecule has 0 saturated heterocycles. The van der Waals surface area contributed by atoms with Gasteiger partial charge in [0, 0.05) is 6.42 Å². The minimum Gasteiger partial charge on any atom is -0.502 e. The molecule has 14 heavy (non-hydrogen) atoms. The lowest BCUT2D eigenvalue weighted by Crippen LogP contribution is -2.27. The molecular weight excluding hydrogens is 188 g/mol. The van der Waals surface area contributed by atoms with E-state index in [4.69, 9.17) is 4.74 Å². The Labute approximate surface area is 82.6 Å². The Kier molecular flexibility index (Phi) is 6.19. The van der Waals surface area contributed by atoms with Crippen molar-refractivity contribution >= 4 is 11.9 Å². The molecule has 5 nitrogen and oxygen atoms in total. The topological polar surface area (TPSA) is 61.8 Å². The second-order valence-electron chi connectivity index (χ2n) is 2.43. The van der Waals surface area contributed by atoms with Gasteiger partial charge in [-0.3, -0.25) is 9.59 Å². The Morgan fingerprint density at radius 3 is 2.14 bits per heavy atom. The third-order valence-electron chi connectivity index (χ3n) is 1.61. The Bertz CT molecular complexity index is 195. The van der Waals surface area contributed by atoms with Crippen LogP contribution in [0.5, 0.6) is 0 Å². The normalized spacial score (nSPS) is 9.36. The zero-order valence-corrected chi connectivity index (χ0v) is 8.32. The average Bonchev–Trinajstić information content (AvgIpc) is 2.22. The molecular formula is C9H14O5. The van der Waals surface area contributed by atoms with Crippen LogP contribution in [-0.2, 0) is 23.8 Å². The molecule has 0 unspecified atom stereocenters. The molecule has 0 atom stereocenters. The predicted molar refractivity (Wildman–Crippen MR) is 48.3 cm³/mol. The van der Waals surface area contributed by atoms with E-state index >= 15 is 0 Å². The van der Waals surface area contributed by atoms with Crippen LogP contribution in [0.4, 0.5) is 0 Å². The van der Waals surface area contributed by atoms with Crippen molar-refractivity contribution < 1.29 is 23.8 Å². The zero-order valence-electron chi connectivity index (χ0n) is 8.32. The molecule has 0 heterocycles. The monoisotopic (exact) mass is 202 g/mol. The highest BCUT2D eigenvalue weighted by molar-refractivity contribution is 5.94. The minimum absolute atomic E-state index is 0.214. The van der Waals surface area contributed by atoms with Gasteiger partial charge in [0.2, 0.25) is 0 Å². The van der Waals surface area contributed by atoms with E-state index in [1.54, 1.807) is 0 Å². The third-order valence-corrected chi connectivity index (χ3v) is 1.61. The van der Waals surface area contributed by atoms with E-state index in [0.29, 0.717) is 0 Å². The summed E-state index contributed by atoms with van der Waals surface area (Å²) in [6.45, 7) is 3.55. The van der Waals surface area contributed by atoms with Crippen molar-refractivity contribution in [2.75, 3.05) is 20.8 Å². The van der Waals surface area contributed by atoms with Crippen molar-refractivity contribution in [1.82, 2.24) is 0 Å². The predicted octanol–water partition coefficient (Wildman–Crippen LogP) is 0.499. The van der Waals surface area contributed by atoms with Crippen LogP contribution in [-0.4, -0.2) is 32.8 Å². The van der Waals surface area contributed by atoms with Gasteiger partial charge in [0.05, 0.1) is 27.1 Å². The number of rotatable bonds is 6. The van der Waals surface area contributed by atoms with Crippen LogP contribution in [0, 0.1) is 5.92 Å². The van der Waals surface area contributed by atoms with Gasteiger partial charge in [0.25, 0.3) is 0 Å². The van der Waals surface area contributed by atoms with E-state index in [-0.39, 0.29) is 13.0 Å². The van der Waals surface area contributed by atoms with Crippen molar-refractivity contribution in [3.8, 4) is 0 Å². The molecule has 80 valence electrons. The highest BCUT2D eigenvalue weighted by atomic mass is 16.5. The largest absolute Gasteiger partial charge is 0.502 e. The first-order chi connectivity index (χ1) is 6.67. The fourth-order valence-electron chi connectivity index (χ4n) is 0.886. The molecule has 0 saturated carbocycles. The first-order valence-corrected chi connectivity index (χ1v) is 4.05. The van der Waals surface area contributed by atoms with Gasteiger partial charge >= 0.3 is 11.9 Å². The number of methoxy groups -OCH3 is 2. The van der Waals surface area contributed by atoms with Crippen molar-refractivity contribution in [3.63, 3.8) is 0 Å². The minimum atomic E-state index is -0.926. The van der Waals surface area contributed by atoms with E-state index in [0.717, 1.165) is 0 Å². The van der Waals surface area contributed by atoms with Crippen molar-refractivity contribution in [3.05, 3.63) is 12.8 Å². The molecule has 0 radical (unpaired) electrons. The van der Waals surface area contributed by atoms with Gasteiger partial charge in [-0.25, -0.2) is 0 Å². The van der Waals surface area contributed by atoms with Gasteiger partial charge in [0.15, 0.2) is 5.92 Å². The third kappa shape index (κ3) is 3.93. The van der Waals surface area contributed by atoms with Crippen LogP contribution in [0.15, 0.2) is 12.8 Å². The van der Waals surface area contributed by atoms with Gasteiger partial charge in [0.1, 0.15) is 0 Å². The molecule has 5 heteroatoms. The Morgan fingerprint density at radius 2 is 1.79 bits per heavy atom. The summed E-state index contributed by atoms with van der Waals surface area (Å²) in [4.78, 5) is 22.2. The maximum Gasteiger partial charge on any atom is 0.320 e. The number of carbonyl (C=O) groups is 2. The van der Waals surface area contributed by atoms with Gasteiger partial charge in [-0.2, -0.15) is 0 Å². The van der Waals surface area contributed by atoms with Gasteiger partial charge < -0.3 is 14.2 Å². The quantitative estimate of drug-likeness (QED) is 0.271. The molecule has 0 aliphatic rings. The molecule has 0 fully saturated rings. The summed E-state index contributed by atoms with van der Waals surface area (Å²) in [5.74, 6) is -2.17. The van der Waals surface area contributed by atoms with E-state index in [9.17, 15) is 9.59 Å². The van der Waals surface area contributed by atoms with Crippen LogP contribution < -0.4 is 0 Å². The second kappa shape index (κ2) is 6.94. The lowest BCUT2D eigenvalue weighted by molar-refractivity contribution is -0.159. The summed E-state index contributed by atoms with van der Waals surface area (Å²) in [7, 11) is 2.43. The first-order valence-electron chi connectivity index (χ1n) is 4.05. The maximum absolute atomic E-state index is 11.1. The van der Waals surface area contributed by atoms with E-state index in [1.807, 2.05) is 0 Å². The summed E-state index contributed by atoms with van der Waals surface area (Å²) in [6, 6.07) is 0. The first kappa shape index (κ1) is 12.5. The number of hydrogen-bond acceptors (Lipinski definition) is 5. The van der Waals surface area contributed by atoms with Gasteiger partial charge in [-0.05, 0) is 0 Å². The summed E-state index contributed by atoms with van der Waals surface area (Å²) in [6.07, 6.45) is 1.46. The van der Waals surface area contributed by atoms with Crippen LogP contribution in [0.25, 0.3) is 0 Å². The molecule has 0 aromatic rings. The molecule has 0 aromatic carbocycles. The molecule has 0 N–H and O–H groups in total. The summed E-state index contributed by atoms with van der Waals surface area (Å²) < 4.78 is 13.7. The summed E-state index contributed by atoms with van der Waals surface area (Å²) >= 11 is 0. The van der Waals surface area contributed by atoms with Crippen LogP contribution in [0.3, 0.4) is 0 Å². The Morgan fingerprint density at radius 1 is 1.29 bits per heavy atom. The van der Waals surface area contributed by atoms with Crippen molar-refractivity contribution in [1.29, 1.82) is 0 Å². The van der Waals surface area contributed by atoms with E-state index < -0.39 is 17.9 Å². The lowest BCUT2D eigenvalue weighted by Gasteiger charge is -2.11. The molecule has 0 aliphatic carbocycles. The highest BCUT2D eigenvalue weighted by Gasteiger charge is 2.28. The zero-order chi connectivity index (χ0) is 11.0. The number of ether oxygens (including phenoxy) is 3. The smallest absolute Gasteiger partial charge is 0.320 e. The molecule has 0 aliphatic heterocycles. The molecule has 0 rings (SSSR count). The standard InChI is InChI=1S/C9H14O5/c1-4-14-6-5-7(8(10)12-2)9(11)13-3/h4,7H,1,5-6H2,2-3H3. The second-order valence-corrected chi connectivity index (χ2v) is 2.43. The average molecular weight is 202 g/mol. The molecule has 0 amide bonds. The number of hydrogen-bond donors (Lipinski definition) is 0. The molecule has 0 aromatic heterocycles. The van der Waals surface area contributed by atoms with Crippen LogP contribution >= 0.6 is 0 Å². The Hall–Kier alpha value is -1.52. The number of carbonyl (C=O) groups excluding carboxylic acids is 2. The molecule has 0 spiro atoms. The Balaban J connectivity index is 4.17. The lowest BCUT2D eigenvalue weighted by atomic mass is 10.1. The van der Waals surface area contributed by atoms with Gasteiger partial charge in [-0.1, -0.05) is 6.58 Å². The SMILES string of the molecule is C=COCCC(C(=O)OC)C(=O)OC. The van der Waals surface area contributed by atoms with Crippen molar-refractivity contribution in [2.45, 2.75) is 6.42 Å².